The highest BCUT2D eigenvalue weighted by atomic mass is 35.5. The Morgan fingerprint density at radius 3 is 3.00 bits per heavy atom. The summed E-state index contributed by atoms with van der Waals surface area (Å²) < 4.78 is 10.5. The molecule has 0 aliphatic rings. The Morgan fingerprint density at radius 1 is 1.38 bits per heavy atom. The molecule has 0 spiro atoms. The number of hydrogen-bond acceptors (Lipinski definition) is 6. The molecular weight excluding hydrogens is 292 g/mol. The van der Waals surface area contributed by atoms with Gasteiger partial charge in [0.15, 0.2) is 0 Å². The second kappa shape index (κ2) is 7.97. The summed E-state index contributed by atoms with van der Waals surface area (Å²) in [5.41, 5.74) is 1.09. The zero-order valence-corrected chi connectivity index (χ0v) is 12.9. The minimum atomic E-state index is 0.485. The van der Waals surface area contributed by atoms with E-state index in [0.29, 0.717) is 31.6 Å². The number of aromatic nitrogens is 2. The lowest BCUT2D eigenvalue weighted by Gasteiger charge is -2.13. The highest BCUT2D eigenvalue weighted by Gasteiger charge is 2.11. The van der Waals surface area contributed by atoms with Crippen LogP contribution in [0.2, 0.25) is 5.02 Å². The third-order valence-corrected chi connectivity index (χ3v) is 3.09. The highest BCUT2D eigenvalue weighted by Crippen LogP contribution is 2.16. The topological polar surface area (TPSA) is 63.4 Å². The smallest absolute Gasteiger partial charge is 0.318 e. The molecule has 1 heterocycles. The first-order chi connectivity index (χ1) is 10.2. The van der Waals surface area contributed by atoms with Gasteiger partial charge in [0, 0.05) is 32.3 Å². The van der Waals surface area contributed by atoms with Gasteiger partial charge in [0.2, 0.25) is 5.89 Å². The largest absolute Gasteiger partial charge is 0.407 e. The molecular formula is C14H19ClN4O2. The quantitative estimate of drug-likeness (QED) is 0.753. The molecule has 0 unspecified atom stereocenters. The third-order valence-electron chi connectivity index (χ3n) is 2.85. The van der Waals surface area contributed by atoms with Gasteiger partial charge in [0.1, 0.15) is 0 Å². The molecule has 0 atom stereocenters. The molecule has 1 aromatic heterocycles. The Kier molecular flexibility index (Phi) is 5.98. The second-order valence-corrected chi connectivity index (χ2v) is 5.07. The van der Waals surface area contributed by atoms with Gasteiger partial charge in [-0.3, -0.25) is 0 Å². The van der Waals surface area contributed by atoms with Gasteiger partial charge in [-0.2, -0.15) is 0 Å². The molecule has 0 aliphatic carbocycles. The number of benzene rings is 1. The fraction of sp³-hybridized carbons (Fsp3) is 0.429. The van der Waals surface area contributed by atoms with E-state index < -0.39 is 0 Å². The Labute approximate surface area is 129 Å². The average Bonchev–Trinajstić information content (AvgIpc) is 2.93. The fourth-order valence-corrected chi connectivity index (χ4v) is 2.03. The van der Waals surface area contributed by atoms with E-state index in [4.69, 9.17) is 20.8 Å². The first-order valence-corrected chi connectivity index (χ1v) is 7.04. The van der Waals surface area contributed by atoms with Crippen LogP contribution in [-0.2, 0) is 17.8 Å². The standard InChI is InChI=1S/C14H19ClN4O2/c1-19(10-11-4-3-5-12(15)8-11)14-18-17-13(21-14)9-16-6-7-20-2/h3-5,8,16H,6-7,9-10H2,1-2H3. The first kappa shape index (κ1) is 15.8. The van der Waals surface area contributed by atoms with E-state index in [0.717, 1.165) is 17.1 Å². The van der Waals surface area contributed by atoms with Crippen molar-refractivity contribution in [3.05, 3.63) is 40.7 Å². The lowest BCUT2D eigenvalue weighted by Crippen LogP contribution is -2.18. The van der Waals surface area contributed by atoms with Gasteiger partial charge in [0.25, 0.3) is 0 Å². The summed E-state index contributed by atoms with van der Waals surface area (Å²) in [5, 5.41) is 11.9. The number of nitrogens with zero attached hydrogens (tertiary/aromatic N) is 3. The van der Waals surface area contributed by atoms with Crippen molar-refractivity contribution in [2.45, 2.75) is 13.1 Å². The lowest BCUT2D eigenvalue weighted by molar-refractivity contribution is 0.198. The van der Waals surface area contributed by atoms with Gasteiger partial charge in [-0.1, -0.05) is 28.8 Å². The van der Waals surface area contributed by atoms with Crippen molar-refractivity contribution in [2.24, 2.45) is 0 Å². The van der Waals surface area contributed by atoms with Crippen LogP contribution < -0.4 is 10.2 Å². The van der Waals surface area contributed by atoms with Crippen molar-refractivity contribution >= 4 is 17.6 Å². The summed E-state index contributed by atoms with van der Waals surface area (Å²) >= 11 is 5.97. The predicted octanol–water partition coefficient (Wildman–Crippen LogP) is 2.10. The molecule has 114 valence electrons. The molecule has 21 heavy (non-hydrogen) atoms. The summed E-state index contributed by atoms with van der Waals surface area (Å²) in [6.45, 7) is 2.57. The lowest BCUT2D eigenvalue weighted by atomic mass is 10.2. The first-order valence-electron chi connectivity index (χ1n) is 6.66. The molecule has 6 nitrogen and oxygen atoms in total. The molecule has 0 saturated carbocycles. The summed E-state index contributed by atoms with van der Waals surface area (Å²) in [5.74, 6) is 0.555. The fourth-order valence-electron chi connectivity index (χ4n) is 1.82. The van der Waals surface area contributed by atoms with Crippen molar-refractivity contribution in [1.82, 2.24) is 15.5 Å². The Balaban J connectivity index is 1.88. The summed E-state index contributed by atoms with van der Waals surface area (Å²) in [4.78, 5) is 1.89. The number of hydrogen-bond donors (Lipinski definition) is 1. The molecule has 1 aromatic carbocycles. The number of anilines is 1. The Bertz CT molecular complexity index is 561. The summed E-state index contributed by atoms with van der Waals surface area (Å²) in [6.07, 6.45) is 0. The van der Waals surface area contributed by atoms with E-state index in [9.17, 15) is 0 Å². The number of methoxy groups -OCH3 is 1. The van der Waals surface area contributed by atoms with Gasteiger partial charge in [0.05, 0.1) is 13.2 Å². The van der Waals surface area contributed by atoms with Crippen LogP contribution in [-0.4, -0.2) is 37.5 Å². The van der Waals surface area contributed by atoms with Gasteiger partial charge in [-0.05, 0) is 17.7 Å². The molecule has 0 radical (unpaired) electrons. The van der Waals surface area contributed by atoms with E-state index in [2.05, 4.69) is 15.5 Å². The minimum Gasteiger partial charge on any atom is -0.407 e. The van der Waals surface area contributed by atoms with Crippen molar-refractivity contribution < 1.29 is 9.15 Å². The molecule has 0 fully saturated rings. The van der Waals surface area contributed by atoms with Gasteiger partial charge < -0.3 is 19.4 Å². The van der Waals surface area contributed by atoms with Crippen LogP contribution in [0.4, 0.5) is 6.01 Å². The molecule has 0 bridgehead atoms. The highest BCUT2D eigenvalue weighted by molar-refractivity contribution is 6.30. The van der Waals surface area contributed by atoms with Crippen molar-refractivity contribution in [3.8, 4) is 0 Å². The van der Waals surface area contributed by atoms with Crippen LogP contribution in [0, 0.1) is 0 Å². The monoisotopic (exact) mass is 310 g/mol. The van der Waals surface area contributed by atoms with E-state index in [1.807, 2.05) is 36.2 Å². The van der Waals surface area contributed by atoms with Crippen LogP contribution >= 0.6 is 11.6 Å². The normalized spacial score (nSPS) is 10.8. The maximum atomic E-state index is 5.97. The minimum absolute atomic E-state index is 0.485. The molecule has 2 rings (SSSR count). The number of ether oxygens (including phenoxy) is 1. The van der Waals surface area contributed by atoms with Crippen molar-refractivity contribution in [2.75, 3.05) is 32.2 Å². The number of nitrogens with one attached hydrogen (secondary N) is 1. The SMILES string of the molecule is COCCNCc1nnc(N(C)Cc2cccc(Cl)c2)o1. The second-order valence-electron chi connectivity index (χ2n) is 4.63. The van der Waals surface area contributed by atoms with E-state index in [-0.39, 0.29) is 0 Å². The maximum absolute atomic E-state index is 5.97. The maximum Gasteiger partial charge on any atom is 0.318 e. The van der Waals surface area contributed by atoms with Gasteiger partial charge in [-0.25, -0.2) is 0 Å². The number of halogens is 1. The van der Waals surface area contributed by atoms with Crippen LogP contribution in [0.25, 0.3) is 0 Å². The predicted molar refractivity (Wildman–Crippen MR) is 81.4 cm³/mol. The summed E-state index contributed by atoms with van der Waals surface area (Å²) in [7, 11) is 3.56. The zero-order chi connectivity index (χ0) is 15.1. The Morgan fingerprint density at radius 2 is 2.24 bits per heavy atom. The average molecular weight is 311 g/mol. The van der Waals surface area contributed by atoms with E-state index >= 15 is 0 Å². The summed E-state index contributed by atoms with van der Waals surface area (Å²) in [6, 6.07) is 8.18. The molecule has 2 aromatic rings. The Hall–Kier alpha value is -1.63. The third kappa shape index (κ3) is 5.00. The van der Waals surface area contributed by atoms with Crippen molar-refractivity contribution in [1.29, 1.82) is 0 Å². The number of rotatable bonds is 8. The van der Waals surface area contributed by atoms with Gasteiger partial charge in [-0.15, -0.1) is 5.10 Å². The van der Waals surface area contributed by atoms with Gasteiger partial charge >= 0.3 is 6.01 Å². The van der Waals surface area contributed by atoms with Crippen LogP contribution in [0.3, 0.4) is 0 Å². The van der Waals surface area contributed by atoms with Crippen molar-refractivity contribution in [3.63, 3.8) is 0 Å². The molecule has 0 amide bonds. The molecule has 1 N–H and O–H groups in total. The molecule has 7 heteroatoms. The van der Waals surface area contributed by atoms with Crippen LogP contribution in [0.1, 0.15) is 11.5 Å². The molecule has 0 saturated heterocycles. The molecule has 0 aliphatic heterocycles. The van der Waals surface area contributed by atoms with Crippen LogP contribution in [0.15, 0.2) is 28.7 Å². The van der Waals surface area contributed by atoms with E-state index in [1.165, 1.54) is 0 Å². The zero-order valence-electron chi connectivity index (χ0n) is 12.2. The van der Waals surface area contributed by atoms with E-state index in [1.54, 1.807) is 7.11 Å². The van der Waals surface area contributed by atoms with Crippen LogP contribution in [0.5, 0.6) is 0 Å².